The highest BCUT2D eigenvalue weighted by Gasteiger charge is 2.30. The predicted octanol–water partition coefficient (Wildman–Crippen LogP) is 3.06. The lowest BCUT2D eigenvalue weighted by Crippen LogP contribution is -2.47. The minimum Gasteiger partial charge on any atom is -0.336 e. The second-order valence-corrected chi connectivity index (χ2v) is 5.62. The summed E-state index contributed by atoms with van der Waals surface area (Å²) in [7, 11) is 0. The lowest BCUT2D eigenvalue weighted by atomic mass is 9.99. The molecule has 0 aliphatic carbocycles. The maximum Gasteiger partial charge on any atom is 0.416 e. The topological polar surface area (TPSA) is 46.3 Å². The van der Waals surface area contributed by atoms with E-state index in [4.69, 9.17) is 5.73 Å². The molecule has 0 spiro atoms. The highest BCUT2D eigenvalue weighted by atomic mass is 19.4. The molecule has 1 aliphatic heterocycles. The van der Waals surface area contributed by atoms with E-state index < -0.39 is 11.7 Å². The molecule has 2 rings (SSSR count). The van der Waals surface area contributed by atoms with Gasteiger partial charge in [0.1, 0.15) is 0 Å². The molecule has 1 aromatic rings. The third-order valence-electron chi connectivity index (χ3n) is 3.83. The molecule has 0 bridgehead atoms. The molecule has 0 radical (unpaired) electrons. The van der Waals surface area contributed by atoms with Crippen LogP contribution >= 0.6 is 0 Å². The number of carbonyl (C=O) groups excluding carboxylic acids is 1. The van der Waals surface area contributed by atoms with Crippen molar-refractivity contribution in [2.75, 3.05) is 6.54 Å². The number of nitrogens with zero attached hydrogens (tertiary/aromatic N) is 1. The normalized spacial score (nSPS) is 23.0. The van der Waals surface area contributed by atoms with E-state index in [9.17, 15) is 18.0 Å². The third-order valence-corrected chi connectivity index (χ3v) is 3.83. The smallest absolute Gasteiger partial charge is 0.336 e. The minimum atomic E-state index is -4.38. The average molecular weight is 312 g/mol. The van der Waals surface area contributed by atoms with Gasteiger partial charge in [0.05, 0.1) is 5.56 Å². The Labute approximate surface area is 127 Å². The molecule has 1 heterocycles. The van der Waals surface area contributed by atoms with E-state index >= 15 is 0 Å². The highest BCUT2D eigenvalue weighted by Crippen LogP contribution is 2.29. The highest BCUT2D eigenvalue weighted by molar-refractivity contribution is 5.92. The Kier molecular flexibility index (Phi) is 4.90. The molecule has 1 saturated heterocycles. The molecule has 120 valence electrons. The van der Waals surface area contributed by atoms with Gasteiger partial charge in [0.2, 0.25) is 5.91 Å². The lowest BCUT2D eigenvalue weighted by Gasteiger charge is -2.35. The fraction of sp³-hybridized carbons (Fsp3) is 0.438. The number of hydrogen-bond acceptors (Lipinski definition) is 2. The SMILES string of the molecule is CC1CC(N)CCN1C(=O)/C=C/c1cccc(C(F)(F)F)c1. The van der Waals surface area contributed by atoms with Crippen LogP contribution in [0.1, 0.15) is 30.9 Å². The Morgan fingerprint density at radius 2 is 2.14 bits per heavy atom. The van der Waals surface area contributed by atoms with Crippen molar-refractivity contribution in [2.24, 2.45) is 5.73 Å². The molecule has 1 fully saturated rings. The third kappa shape index (κ3) is 4.10. The summed E-state index contributed by atoms with van der Waals surface area (Å²) < 4.78 is 37.9. The van der Waals surface area contributed by atoms with Crippen molar-refractivity contribution in [3.63, 3.8) is 0 Å². The number of amides is 1. The largest absolute Gasteiger partial charge is 0.416 e. The van der Waals surface area contributed by atoms with E-state index in [0.29, 0.717) is 12.1 Å². The van der Waals surface area contributed by atoms with Crippen molar-refractivity contribution in [1.82, 2.24) is 4.90 Å². The van der Waals surface area contributed by atoms with Gasteiger partial charge < -0.3 is 10.6 Å². The second kappa shape index (κ2) is 6.52. The molecule has 2 unspecified atom stereocenters. The number of likely N-dealkylation sites (tertiary alicyclic amines) is 1. The first-order valence-electron chi connectivity index (χ1n) is 7.19. The first-order valence-corrected chi connectivity index (χ1v) is 7.19. The number of rotatable bonds is 2. The van der Waals surface area contributed by atoms with Crippen molar-refractivity contribution in [3.8, 4) is 0 Å². The van der Waals surface area contributed by atoms with Crippen molar-refractivity contribution in [2.45, 2.75) is 38.0 Å². The Bertz CT molecular complexity index is 569. The molecule has 2 N–H and O–H groups in total. The molecule has 3 nitrogen and oxygen atoms in total. The summed E-state index contributed by atoms with van der Waals surface area (Å²) in [6.45, 7) is 2.50. The van der Waals surface area contributed by atoms with Gasteiger partial charge in [-0.3, -0.25) is 4.79 Å². The van der Waals surface area contributed by atoms with Gasteiger partial charge in [0.25, 0.3) is 0 Å². The Morgan fingerprint density at radius 1 is 1.41 bits per heavy atom. The predicted molar refractivity (Wildman–Crippen MR) is 78.9 cm³/mol. The zero-order valence-corrected chi connectivity index (χ0v) is 12.3. The molecule has 0 saturated carbocycles. The number of carbonyl (C=O) groups is 1. The van der Waals surface area contributed by atoms with E-state index in [1.807, 2.05) is 6.92 Å². The number of nitrogens with two attached hydrogens (primary N) is 1. The zero-order chi connectivity index (χ0) is 16.3. The number of alkyl halides is 3. The van der Waals surface area contributed by atoms with Crippen LogP contribution in [0.15, 0.2) is 30.3 Å². The number of hydrogen-bond donors (Lipinski definition) is 1. The van der Waals surface area contributed by atoms with Crippen LogP contribution in [-0.4, -0.2) is 29.4 Å². The molecule has 6 heteroatoms. The molecular weight excluding hydrogens is 293 g/mol. The van der Waals surface area contributed by atoms with Crippen LogP contribution in [0.25, 0.3) is 6.08 Å². The molecule has 1 aromatic carbocycles. The van der Waals surface area contributed by atoms with E-state index in [-0.39, 0.29) is 18.0 Å². The first kappa shape index (κ1) is 16.5. The standard InChI is InChI=1S/C16H19F3N2O/c1-11-9-14(20)7-8-21(11)15(22)6-5-12-3-2-4-13(10-12)16(17,18)19/h2-6,10-11,14H,7-9,20H2,1H3/b6-5+. The van der Waals surface area contributed by atoms with Crippen LogP contribution in [0.4, 0.5) is 13.2 Å². The monoisotopic (exact) mass is 312 g/mol. The number of benzene rings is 1. The van der Waals surface area contributed by atoms with E-state index in [2.05, 4.69) is 0 Å². The Hall–Kier alpha value is -1.82. The van der Waals surface area contributed by atoms with Crippen LogP contribution in [0, 0.1) is 0 Å². The van der Waals surface area contributed by atoms with Crippen molar-refractivity contribution in [3.05, 3.63) is 41.5 Å². The molecule has 2 atom stereocenters. The van der Waals surface area contributed by atoms with Crippen LogP contribution in [0.3, 0.4) is 0 Å². The quantitative estimate of drug-likeness (QED) is 0.853. The van der Waals surface area contributed by atoms with E-state index in [0.717, 1.165) is 25.0 Å². The minimum absolute atomic E-state index is 0.0439. The summed E-state index contributed by atoms with van der Waals surface area (Å²) in [5, 5.41) is 0. The molecule has 22 heavy (non-hydrogen) atoms. The fourth-order valence-electron chi connectivity index (χ4n) is 2.62. The summed E-state index contributed by atoms with van der Waals surface area (Å²) in [5.74, 6) is -0.197. The van der Waals surface area contributed by atoms with Gasteiger partial charge >= 0.3 is 6.18 Å². The van der Waals surface area contributed by atoms with Gasteiger partial charge in [0.15, 0.2) is 0 Å². The fourth-order valence-corrected chi connectivity index (χ4v) is 2.62. The van der Waals surface area contributed by atoms with E-state index in [1.165, 1.54) is 24.3 Å². The first-order chi connectivity index (χ1) is 10.3. The number of piperidine rings is 1. The maximum atomic E-state index is 12.6. The second-order valence-electron chi connectivity index (χ2n) is 5.62. The van der Waals surface area contributed by atoms with Gasteiger partial charge in [0, 0.05) is 24.7 Å². The summed E-state index contributed by atoms with van der Waals surface area (Å²) >= 11 is 0. The molecule has 0 aromatic heterocycles. The van der Waals surface area contributed by atoms with Crippen LogP contribution in [0.2, 0.25) is 0 Å². The summed E-state index contributed by atoms with van der Waals surface area (Å²) in [6, 6.07) is 5.05. The van der Waals surface area contributed by atoms with Crippen LogP contribution in [-0.2, 0) is 11.0 Å². The molecular formula is C16H19F3N2O. The van der Waals surface area contributed by atoms with Crippen molar-refractivity contribution < 1.29 is 18.0 Å². The summed E-state index contributed by atoms with van der Waals surface area (Å²) in [6.07, 6.45) is -0.163. The average Bonchev–Trinajstić information content (AvgIpc) is 2.44. The van der Waals surface area contributed by atoms with E-state index in [1.54, 1.807) is 4.90 Å². The van der Waals surface area contributed by atoms with Crippen LogP contribution < -0.4 is 5.73 Å². The van der Waals surface area contributed by atoms with Crippen molar-refractivity contribution in [1.29, 1.82) is 0 Å². The summed E-state index contributed by atoms with van der Waals surface area (Å²) in [5.41, 5.74) is 5.48. The van der Waals surface area contributed by atoms with Gasteiger partial charge in [-0.1, -0.05) is 12.1 Å². The molecule has 1 amide bonds. The Balaban J connectivity index is 2.07. The zero-order valence-electron chi connectivity index (χ0n) is 12.3. The van der Waals surface area contributed by atoms with Crippen molar-refractivity contribution >= 4 is 12.0 Å². The Morgan fingerprint density at radius 3 is 2.77 bits per heavy atom. The van der Waals surface area contributed by atoms with Gasteiger partial charge in [-0.15, -0.1) is 0 Å². The van der Waals surface area contributed by atoms with Gasteiger partial charge in [-0.05, 0) is 43.5 Å². The van der Waals surface area contributed by atoms with Gasteiger partial charge in [-0.25, -0.2) is 0 Å². The number of halogens is 3. The van der Waals surface area contributed by atoms with Crippen LogP contribution in [0.5, 0.6) is 0 Å². The molecule has 1 aliphatic rings. The van der Waals surface area contributed by atoms with Gasteiger partial charge in [-0.2, -0.15) is 13.2 Å². The lowest BCUT2D eigenvalue weighted by molar-refractivity contribution is -0.137. The maximum absolute atomic E-state index is 12.6. The summed E-state index contributed by atoms with van der Waals surface area (Å²) in [4.78, 5) is 13.8.